The maximum Gasteiger partial charge on any atom is 0.0771 e. The van der Waals surface area contributed by atoms with Gasteiger partial charge in [-0.3, -0.25) is 0 Å². The van der Waals surface area contributed by atoms with Crippen LogP contribution in [0.25, 0.3) is 0 Å². The van der Waals surface area contributed by atoms with Crippen LogP contribution >= 0.6 is 0 Å². The molecule has 1 saturated carbocycles. The summed E-state index contributed by atoms with van der Waals surface area (Å²) in [7, 11) is 0. The number of rotatable bonds is 4. The van der Waals surface area contributed by atoms with Crippen LogP contribution in [0.2, 0.25) is 0 Å². The van der Waals surface area contributed by atoms with Crippen molar-refractivity contribution in [3.8, 4) is 0 Å². The first kappa shape index (κ1) is 11.7. The first-order chi connectivity index (χ1) is 7.79. The van der Waals surface area contributed by atoms with E-state index in [1.165, 1.54) is 31.4 Å². The third-order valence-corrected chi connectivity index (χ3v) is 3.47. The highest BCUT2D eigenvalue weighted by atomic mass is 16.3. The molecule has 2 rings (SSSR count). The van der Waals surface area contributed by atoms with Crippen molar-refractivity contribution in [3.05, 3.63) is 24.0 Å². The predicted molar refractivity (Wildman–Crippen MR) is 65.2 cm³/mol. The van der Waals surface area contributed by atoms with Crippen LogP contribution in [0, 0.1) is 0 Å². The Morgan fingerprint density at radius 3 is 2.62 bits per heavy atom. The molecule has 16 heavy (non-hydrogen) atoms. The number of hydrogen-bond donors (Lipinski definition) is 3. The number of aromatic amines is 1. The van der Waals surface area contributed by atoms with Crippen LogP contribution in [-0.4, -0.2) is 22.2 Å². The maximum atomic E-state index is 10.4. The molecule has 0 spiro atoms. The average molecular weight is 222 g/mol. The Labute approximate surface area is 97.3 Å². The molecule has 0 bridgehead atoms. The SMILES string of the molecule is OC1(CNCc2ccc[nH]2)CCCCCC1. The zero-order valence-corrected chi connectivity index (χ0v) is 9.84. The smallest absolute Gasteiger partial charge is 0.0771 e. The van der Waals surface area contributed by atoms with E-state index in [1.807, 2.05) is 12.3 Å². The molecule has 1 fully saturated rings. The van der Waals surface area contributed by atoms with Gasteiger partial charge in [-0.05, 0) is 25.0 Å². The molecule has 3 heteroatoms. The van der Waals surface area contributed by atoms with Gasteiger partial charge in [-0.1, -0.05) is 25.7 Å². The van der Waals surface area contributed by atoms with Crippen LogP contribution in [0.1, 0.15) is 44.2 Å². The third kappa shape index (κ3) is 3.35. The maximum absolute atomic E-state index is 10.4. The summed E-state index contributed by atoms with van der Waals surface area (Å²) in [6.45, 7) is 1.53. The Morgan fingerprint density at radius 2 is 2.00 bits per heavy atom. The molecule has 1 aromatic heterocycles. The highest BCUT2D eigenvalue weighted by Crippen LogP contribution is 2.26. The Hall–Kier alpha value is -0.800. The molecule has 1 aliphatic rings. The monoisotopic (exact) mass is 222 g/mol. The summed E-state index contributed by atoms with van der Waals surface area (Å²) in [5, 5.41) is 13.8. The molecular formula is C13H22N2O. The van der Waals surface area contributed by atoms with Gasteiger partial charge in [-0.15, -0.1) is 0 Å². The predicted octanol–water partition coefficient (Wildman–Crippen LogP) is 2.19. The lowest BCUT2D eigenvalue weighted by atomic mass is 9.94. The molecule has 0 amide bonds. The van der Waals surface area contributed by atoms with E-state index in [9.17, 15) is 5.11 Å². The van der Waals surface area contributed by atoms with E-state index in [0.717, 1.165) is 19.4 Å². The molecule has 0 aliphatic heterocycles. The summed E-state index contributed by atoms with van der Waals surface area (Å²) in [6, 6.07) is 4.06. The quantitative estimate of drug-likeness (QED) is 0.684. The average Bonchev–Trinajstić information content (AvgIpc) is 2.68. The minimum absolute atomic E-state index is 0.469. The minimum Gasteiger partial charge on any atom is -0.389 e. The molecule has 3 N–H and O–H groups in total. The van der Waals surface area contributed by atoms with E-state index in [1.54, 1.807) is 0 Å². The van der Waals surface area contributed by atoms with Gasteiger partial charge in [0.2, 0.25) is 0 Å². The van der Waals surface area contributed by atoms with E-state index in [4.69, 9.17) is 0 Å². The summed E-state index contributed by atoms with van der Waals surface area (Å²) in [4.78, 5) is 3.16. The molecule has 0 saturated heterocycles. The van der Waals surface area contributed by atoms with Crippen LogP contribution in [0.15, 0.2) is 18.3 Å². The largest absolute Gasteiger partial charge is 0.389 e. The van der Waals surface area contributed by atoms with Gasteiger partial charge in [0.05, 0.1) is 5.60 Å². The van der Waals surface area contributed by atoms with Gasteiger partial charge in [0.25, 0.3) is 0 Å². The normalized spacial score (nSPS) is 20.6. The fourth-order valence-corrected chi connectivity index (χ4v) is 2.47. The van der Waals surface area contributed by atoms with Gasteiger partial charge in [0.1, 0.15) is 0 Å². The molecule has 1 heterocycles. The lowest BCUT2D eigenvalue weighted by molar-refractivity contribution is 0.0250. The first-order valence-corrected chi connectivity index (χ1v) is 6.34. The number of nitrogens with one attached hydrogen (secondary N) is 2. The minimum atomic E-state index is -0.469. The lowest BCUT2D eigenvalue weighted by Crippen LogP contribution is -2.39. The summed E-state index contributed by atoms with van der Waals surface area (Å²) in [5.74, 6) is 0. The van der Waals surface area contributed by atoms with E-state index in [-0.39, 0.29) is 0 Å². The molecule has 90 valence electrons. The molecule has 1 aliphatic carbocycles. The summed E-state index contributed by atoms with van der Waals surface area (Å²) >= 11 is 0. The number of aromatic nitrogens is 1. The van der Waals surface area contributed by atoms with Crippen LogP contribution in [0.3, 0.4) is 0 Å². The summed E-state index contributed by atoms with van der Waals surface area (Å²) in [6.07, 6.45) is 8.71. The fraction of sp³-hybridized carbons (Fsp3) is 0.692. The lowest BCUT2D eigenvalue weighted by Gasteiger charge is -2.26. The van der Waals surface area contributed by atoms with E-state index < -0.39 is 5.60 Å². The fourth-order valence-electron chi connectivity index (χ4n) is 2.47. The Balaban J connectivity index is 1.75. The van der Waals surface area contributed by atoms with Crippen molar-refractivity contribution < 1.29 is 5.11 Å². The van der Waals surface area contributed by atoms with Crippen LogP contribution in [-0.2, 0) is 6.54 Å². The van der Waals surface area contributed by atoms with Crippen molar-refractivity contribution >= 4 is 0 Å². The molecule has 0 unspecified atom stereocenters. The van der Waals surface area contributed by atoms with Gasteiger partial charge >= 0.3 is 0 Å². The standard InChI is InChI=1S/C13H22N2O/c16-13(7-3-1-2-4-8-13)11-14-10-12-6-5-9-15-12/h5-6,9,14-16H,1-4,7-8,10-11H2. The molecule has 0 aromatic carbocycles. The van der Waals surface area contributed by atoms with Gasteiger partial charge < -0.3 is 15.4 Å². The summed E-state index contributed by atoms with van der Waals surface area (Å²) < 4.78 is 0. The zero-order valence-electron chi connectivity index (χ0n) is 9.84. The van der Waals surface area contributed by atoms with Crippen molar-refractivity contribution in [1.82, 2.24) is 10.3 Å². The third-order valence-electron chi connectivity index (χ3n) is 3.47. The molecule has 0 radical (unpaired) electrons. The highest BCUT2D eigenvalue weighted by Gasteiger charge is 2.27. The molecular weight excluding hydrogens is 200 g/mol. The van der Waals surface area contributed by atoms with Gasteiger partial charge in [-0.25, -0.2) is 0 Å². The molecule has 0 atom stereocenters. The second-order valence-electron chi connectivity index (χ2n) is 4.94. The highest BCUT2D eigenvalue weighted by molar-refractivity contribution is 5.03. The molecule has 1 aromatic rings. The second-order valence-corrected chi connectivity index (χ2v) is 4.94. The Bertz CT molecular complexity index is 287. The van der Waals surface area contributed by atoms with E-state index in [0.29, 0.717) is 6.54 Å². The van der Waals surface area contributed by atoms with Crippen LogP contribution in [0.5, 0.6) is 0 Å². The first-order valence-electron chi connectivity index (χ1n) is 6.34. The van der Waals surface area contributed by atoms with Crippen molar-refractivity contribution in [2.75, 3.05) is 6.54 Å². The van der Waals surface area contributed by atoms with Gasteiger partial charge in [0.15, 0.2) is 0 Å². The Morgan fingerprint density at radius 1 is 1.25 bits per heavy atom. The van der Waals surface area contributed by atoms with E-state index >= 15 is 0 Å². The molecule has 3 nitrogen and oxygen atoms in total. The topological polar surface area (TPSA) is 48.0 Å². The summed E-state index contributed by atoms with van der Waals surface area (Å²) in [5.41, 5.74) is 0.709. The van der Waals surface area contributed by atoms with Crippen molar-refractivity contribution in [1.29, 1.82) is 0 Å². The van der Waals surface area contributed by atoms with Crippen LogP contribution in [0.4, 0.5) is 0 Å². The zero-order chi connectivity index (χ0) is 11.3. The Kier molecular flexibility index (Phi) is 4.02. The van der Waals surface area contributed by atoms with Gasteiger partial charge in [0, 0.05) is 25.0 Å². The number of hydrogen-bond acceptors (Lipinski definition) is 2. The van der Waals surface area contributed by atoms with Crippen molar-refractivity contribution in [2.24, 2.45) is 0 Å². The second kappa shape index (κ2) is 5.51. The number of aliphatic hydroxyl groups is 1. The van der Waals surface area contributed by atoms with Crippen LogP contribution < -0.4 is 5.32 Å². The van der Waals surface area contributed by atoms with E-state index in [2.05, 4.69) is 16.4 Å². The van der Waals surface area contributed by atoms with Gasteiger partial charge in [-0.2, -0.15) is 0 Å². The van der Waals surface area contributed by atoms with Crippen molar-refractivity contribution in [2.45, 2.75) is 50.7 Å². The number of H-pyrrole nitrogens is 1. The van der Waals surface area contributed by atoms with Crippen molar-refractivity contribution in [3.63, 3.8) is 0 Å².